The molecular weight excluding hydrogens is 254 g/mol. The van der Waals surface area contributed by atoms with E-state index in [9.17, 15) is 5.11 Å². The molecule has 0 fully saturated rings. The molecule has 0 aliphatic carbocycles. The number of methoxy groups -OCH3 is 2. The second kappa shape index (κ2) is 6.19. The zero-order valence-corrected chi connectivity index (χ0v) is 11.9. The number of nitrogens with one attached hydrogen (secondary N) is 1. The molecule has 0 saturated heterocycles. The van der Waals surface area contributed by atoms with E-state index in [0.717, 1.165) is 22.7 Å². The van der Waals surface area contributed by atoms with Gasteiger partial charge in [0.2, 0.25) is 0 Å². The first kappa shape index (κ1) is 14.1. The molecule has 0 heterocycles. The van der Waals surface area contributed by atoms with Gasteiger partial charge in [-0.25, -0.2) is 0 Å². The van der Waals surface area contributed by atoms with Gasteiger partial charge in [0.25, 0.3) is 0 Å². The Morgan fingerprint density at radius 2 is 1.70 bits per heavy atom. The van der Waals surface area contributed by atoms with E-state index in [0.29, 0.717) is 0 Å². The molecule has 1 atom stereocenters. The van der Waals surface area contributed by atoms with E-state index in [1.165, 1.54) is 0 Å². The minimum absolute atomic E-state index is 0.0698. The number of hydrogen-bond donors (Lipinski definition) is 2. The summed E-state index contributed by atoms with van der Waals surface area (Å²) in [6.07, 6.45) is 0. The van der Waals surface area contributed by atoms with Crippen LogP contribution in [-0.4, -0.2) is 19.3 Å². The lowest BCUT2D eigenvalue weighted by molar-refractivity contribution is 0.390. The molecule has 0 radical (unpaired) electrons. The van der Waals surface area contributed by atoms with Gasteiger partial charge in [-0.3, -0.25) is 0 Å². The van der Waals surface area contributed by atoms with Gasteiger partial charge in [-0.2, -0.15) is 0 Å². The number of anilines is 1. The van der Waals surface area contributed by atoms with Gasteiger partial charge in [-0.1, -0.05) is 0 Å². The number of hydrogen-bond acceptors (Lipinski definition) is 4. The van der Waals surface area contributed by atoms with Crippen LogP contribution in [0.3, 0.4) is 0 Å². The van der Waals surface area contributed by atoms with E-state index in [2.05, 4.69) is 12.2 Å². The fourth-order valence-corrected chi connectivity index (χ4v) is 2.06. The Bertz CT molecular complexity index is 566. The van der Waals surface area contributed by atoms with E-state index in [4.69, 9.17) is 9.47 Å². The van der Waals surface area contributed by atoms with Gasteiger partial charge in [0.15, 0.2) is 0 Å². The number of aromatic hydroxyl groups is 1. The summed E-state index contributed by atoms with van der Waals surface area (Å²) in [7, 11) is 3.28. The van der Waals surface area contributed by atoms with E-state index in [1.807, 2.05) is 30.3 Å². The van der Waals surface area contributed by atoms with Crippen molar-refractivity contribution in [2.45, 2.75) is 13.0 Å². The van der Waals surface area contributed by atoms with E-state index < -0.39 is 0 Å². The highest BCUT2D eigenvalue weighted by Crippen LogP contribution is 2.31. The topological polar surface area (TPSA) is 50.7 Å². The molecule has 106 valence electrons. The predicted octanol–water partition coefficient (Wildman–Crippen LogP) is 3.58. The van der Waals surface area contributed by atoms with Gasteiger partial charge < -0.3 is 19.9 Å². The summed E-state index contributed by atoms with van der Waals surface area (Å²) in [5.41, 5.74) is 1.98. The standard InChI is InChI=1S/C16H19NO3/c1-11(17-12-4-6-13(18)7-5-12)15-9-8-14(19-2)10-16(15)20-3/h4-11,17-18H,1-3H3. The van der Waals surface area contributed by atoms with Crippen LogP contribution in [0.4, 0.5) is 5.69 Å². The molecule has 20 heavy (non-hydrogen) atoms. The van der Waals surface area contributed by atoms with E-state index >= 15 is 0 Å². The summed E-state index contributed by atoms with van der Waals surface area (Å²) in [6, 6.07) is 12.8. The second-order valence-electron chi connectivity index (χ2n) is 4.52. The largest absolute Gasteiger partial charge is 0.508 e. The number of benzene rings is 2. The van der Waals surface area contributed by atoms with Gasteiger partial charge in [0, 0.05) is 17.3 Å². The molecule has 2 rings (SSSR count). The average molecular weight is 273 g/mol. The van der Waals surface area contributed by atoms with Gasteiger partial charge in [0.05, 0.1) is 20.3 Å². The maximum absolute atomic E-state index is 9.29. The van der Waals surface area contributed by atoms with Gasteiger partial charge in [-0.05, 0) is 43.3 Å². The first-order valence-corrected chi connectivity index (χ1v) is 6.41. The van der Waals surface area contributed by atoms with Crippen molar-refractivity contribution >= 4 is 5.69 Å². The molecule has 0 spiro atoms. The highest BCUT2D eigenvalue weighted by atomic mass is 16.5. The highest BCUT2D eigenvalue weighted by molar-refractivity contribution is 5.50. The van der Waals surface area contributed by atoms with Gasteiger partial charge in [-0.15, -0.1) is 0 Å². The number of phenols is 1. The molecule has 0 aromatic heterocycles. The van der Waals surface area contributed by atoms with E-state index in [-0.39, 0.29) is 11.8 Å². The molecule has 2 aromatic rings. The normalized spacial score (nSPS) is 11.8. The van der Waals surface area contributed by atoms with Crippen LogP contribution in [0, 0.1) is 0 Å². The fraction of sp³-hybridized carbons (Fsp3) is 0.250. The van der Waals surface area contributed by atoms with Crippen LogP contribution in [-0.2, 0) is 0 Å². The Hall–Kier alpha value is -2.36. The maximum Gasteiger partial charge on any atom is 0.127 e. The quantitative estimate of drug-likeness (QED) is 0.817. The van der Waals surface area contributed by atoms with Crippen molar-refractivity contribution in [1.29, 1.82) is 0 Å². The molecular formula is C16H19NO3. The molecule has 0 amide bonds. The Balaban J connectivity index is 2.20. The van der Waals surface area contributed by atoms with Crippen LogP contribution in [0.25, 0.3) is 0 Å². The number of rotatable bonds is 5. The van der Waals surface area contributed by atoms with Crippen LogP contribution < -0.4 is 14.8 Å². The minimum Gasteiger partial charge on any atom is -0.508 e. The lowest BCUT2D eigenvalue weighted by atomic mass is 10.1. The lowest BCUT2D eigenvalue weighted by Gasteiger charge is -2.19. The summed E-state index contributed by atoms with van der Waals surface area (Å²) in [4.78, 5) is 0. The SMILES string of the molecule is COc1ccc(C(C)Nc2ccc(O)cc2)c(OC)c1. The zero-order valence-electron chi connectivity index (χ0n) is 11.9. The average Bonchev–Trinajstić information content (AvgIpc) is 2.48. The molecule has 0 aliphatic heterocycles. The van der Waals surface area contributed by atoms with E-state index in [1.54, 1.807) is 26.4 Å². The van der Waals surface area contributed by atoms with Crippen molar-refractivity contribution < 1.29 is 14.6 Å². The number of ether oxygens (including phenoxy) is 2. The molecule has 2 aromatic carbocycles. The third-order valence-corrected chi connectivity index (χ3v) is 3.16. The maximum atomic E-state index is 9.29. The Labute approximate surface area is 119 Å². The second-order valence-corrected chi connectivity index (χ2v) is 4.52. The zero-order chi connectivity index (χ0) is 14.5. The summed E-state index contributed by atoms with van der Waals surface area (Å²) < 4.78 is 10.6. The van der Waals surface area contributed by atoms with Crippen LogP contribution >= 0.6 is 0 Å². The van der Waals surface area contributed by atoms with Crippen LogP contribution in [0.15, 0.2) is 42.5 Å². The monoisotopic (exact) mass is 273 g/mol. The van der Waals surface area contributed by atoms with Crippen molar-refractivity contribution in [3.63, 3.8) is 0 Å². The fourth-order valence-electron chi connectivity index (χ4n) is 2.06. The third kappa shape index (κ3) is 3.15. The third-order valence-electron chi connectivity index (χ3n) is 3.16. The summed E-state index contributed by atoms with van der Waals surface area (Å²) >= 11 is 0. The van der Waals surface area contributed by atoms with Crippen molar-refractivity contribution in [3.05, 3.63) is 48.0 Å². The van der Waals surface area contributed by atoms with Gasteiger partial charge in [0.1, 0.15) is 17.2 Å². The summed E-state index contributed by atoms with van der Waals surface area (Å²) in [5, 5.41) is 12.7. The number of phenolic OH excluding ortho intramolecular Hbond substituents is 1. The molecule has 1 unspecified atom stereocenters. The predicted molar refractivity (Wildman–Crippen MR) is 79.7 cm³/mol. The van der Waals surface area contributed by atoms with Crippen molar-refractivity contribution in [1.82, 2.24) is 0 Å². The summed E-state index contributed by atoms with van der Waals surface area (Å²) in [5.74, 6) is 1.80. The van der Waals surface area contributed by atoms with Crippen LogP contribution in [0.2, 0.25) is 0 Å². The van der Waals surface area contributed by atoms with Crippen molar-refractivity contribution in [2.24, 2.45) is 0 Å². The Kier molecular flexibility index (Phi) is 4.35. The van der Waals surface area contributed by atoms with Gasteiger partial charge >= 0.3 is 0 Å². The van der Waals surface area contributed by atoms with Crippen molar-refractivity contribution in [2.75, 3.05) is 19.5 Å². The molecule has 0 saturated carbocycles. The molecule has 4 nitrogen and oxygen atoms in total. The smallest absolute Gasteiger partial charge is 0.127 e. The molecule has 0 bridgehead atoms. The molecule has 4 heteroatoms. The first-order valence-electron chi connectivity index (χ1n) is 6.41. The van der Waals surface area contributed by atoms with Crippen LogP contribution in [0.5, 0.6) is 17.2 Å². The minimum atomic E-state index is 0.0698. The Morgan fingerprint density at radius 1 is 1.00 bits per heavy atom. The Morgan fingerprint density at radius 3 is 2.30 bits per heavy atom. The molecule has 0 aliphatic rings. The first-order chi connectivity index (χ1) is 9.63. The van der Waals surface area contributed by atoms with Crippen LogP contribution in [0.1, 0.15) is 18.5 Å². The van der Waals surface area contributed by atoms with Crippen molar-refractivity contribution in [3.8, 4) is 17.2 Å². The summed E-state index contributed by atoms with van der Waals surface area (Å²) in [6.45, 7) is 2.05. The molecule has 2 N–H and O–H groups in total. The highest BCUT2D eigenvalue weighted by Gasteiger charge is 2.12. The lowest BCUT2D eigenvalue weighted by Crippen LogP contribution is -2.08.